The molecule has 12 heavy (non-hydrogen) atoms. The van der Waals surface area contributed by atoms with Crippen LogP contribution in [-0.4, -0.2) is 6.54 Å². The quantitative estimate of drug-likeness (QED) is 0.678. The Labute approximate surface area is 82.5 Å². The SMILES string of the molecule is CC1(C)CCCC(C)(CN)C1.Cl. The highest BCUT2D eigenvalue weighted by Gasteiger charge is 2.35. The van der Waals surface area contributed by atoms with Crippen molar-refractivity contribution >= 4 is 12.4 Å². The van der Waals surface area contributed by atoms with Gasteiger partial charge in [-0.25, -0.2) is 0 Å². The van der Waals surface area contributed by atoms with Crippen molar-refractivity contribution in [3.63, 3.8) is 0 Å². The topological polar surface area (TPSA) is 26.0 Å². The van der Waals surface area contributed by atoms with Crippen molar-refractivity contribution in [2.45, 2.75) is 46.5 Å². The molecule has 74 valence electrons. The van der Waals surface area contributed by atoms with Crippen LogP contribution in [0.25, 0.3) is 0 Å². The van der Waals surface area contributed by atoms with Crippen LogP contribution in [0.3, 0.4) is 0 Å². The highest BCUT2D eigenvalue weighted by Crippen LogP contribution is 2.45. The van der Waals surface area contributed by atoms with E-state index < -0.39 is 0 Å². The Morgan fingerprint density at radius 2 is 1.75 bits per heavy atom. The minimum absolute atomic E-state index is 0. The lowest BCUT2D eigenvalue weighted by Crippen LogP contribution is -2.36. The molecule has 1 unspecified atom stereocenters. The first-order chi connectivity index (χ1) is 4.97. The third-order valence-corrected chi connectivity index (χ3v) is 3.03. The minimum atomic E-state index is 0. The average molecular weight is 192 g/mol. The molecule has 2 N–H and O–H groups in total. The predicted molar refractivity (Wildman–Crippen MR) is 56.7 cm³/mol. The molecule has 0 aromatic carbocycles. The van der Waals surface area contributed by atoms with Crippen LogP contribution in [0.4, 0.5) is 0 Å². The van der Waals surface area contributed by atoms with Gasteiger partial charge < -0.3 is 5.73 Å². The van der Waals surface area contributed by atoms with Crippen LogP contribution in [0, 0.1) is 10.8 Å². The maximum Gasteiger partial charge on any atom is -0.00230 e. The molecule has 0 bridgehead atoms. The Bertz CT molecular complexity index is 145. The van der Waals surface area contributed by atoms with Crippen LogP contribution in [0.5, 0.6) is 0 Å². The molecule has 1 rings (SSSR count). The number of nitrogens with two attached hydrogens (primary N) is 1. The fraction of sp³-hybridized carbons (Fsp3) is 1.00. The lowest BCUT2D eigenvalue weighted by molar-refractivity contribution is 0.107. The maximum atomic E-state index is 5.76. The normalized spacial score (nSPS) is 34.0. The minimum Gasteiger partial charge on any atom is -0.330 e. The standard InChI is InChI=1S/C10H21N.ClH/c1-9(2)5-4-6-10(3,7-9)8-11;/h4-8,11H2,1-3H3;1H. The van der Waals surface area contributed by atoms with Crippen molar-refractivity contribution in [3.8, 4) is 0 Å². The van der Waals surface area contributed by atoms with E-state index in [0.717, 1.165) is 6.54 Å². The van der Waals surface area contributed by atoms with Crippen LogP contribution < -0.4 is 5.73 Å². The van der Waals surface area contributed by atoms with Crippen molar-refractivity contribution in [2.75, 3.05) is 6.54 Å². The third-order valence-electron chi connectivity index (χ3n) is 3.03. The van der Waals surface area contributed by atoms with E-state index in [1.807, 2.05) is 0 Å². The van der Waals surface area contributed by atoms with E-state index in [9.17, 15) is 0 Å². The molecule has 0 heterocycles. The monoisotopic (exact) mass is 191 g/mol. The summed E-state index contributed by atoms with van der Waals surface area (Å²) in [5.74, 6) is 0. The summed E-state index contributed by atoms with van der Waals surface area (Å²) < 4.78 is 0. The second kappa shape index (κ2) is 3.97. The molecule has 1 aliphatic rings. The number of halogens is 1. The fourth-order valence-corrected chi connectivity index (χ4v) is 2.50. The van der Waals surface area contributed by atoms with Gasteiger partial charge in [0, 0.05) is 0 Å². The number of hydrogen-bond donors (Lipinski definition) is 1. The summed E-state index contributed by atoms with van der Waals surface area (Å²) in [4.78, 5) is 0. The zero-order chi connectivity index (χ0) is 8.54. The molecule has 1 saturated carbocycles. The molecule has 2 heteroatoms. The molecular weight excluding hydrogens is 170 g/mol. The molecule has 1 aliphatic carbocycles. The van der Waals surface area contributed by atoms with Crippen molar-refractivity contribution in [1.82, 2.24) is 0 Å². The molecule has 0 aromatic heterocycles. The van der Waals surface area contributed by atoms with Crippen LogP contribution >= 0.6 is 12.4 Å². The Balaban J connectivity index is 0.00000121. The molecule has 1 nitrogen and oxygen atoms in total. The van der Waals surface area contributed by atoms with Crippen LogP contribution in [-0.2, 0) is 0 Å². The molecule has 1 fully saturated rings. The summed E-state index contributed by atoms with van der Waals surface area (Å²) in [6, 6.07) is 0. The highest BCUT2D eigenvalue weighted by atomic mass is 35.5. The Morgan fingerprint density at radius 3 is 2.08 bits per heavy atom. The van der Waals surface area contributed by atoms with Crippen LogP contribution in [0.1, 0.15) is 46.5 Å². The fourth-order valence-electron chi connectivity index (χ4n) is 2.50. The Morgan fingerprint density at radius 1 is 1.17 bits per heavy atom. The molecule has 0 aliphatic heterocycles. The number of rotatable bonds is 1. The van der Waals surface area contributed by atoms with E-state index in [1.54, 1.807) is 0 Å². The van der Waals surface area contributed by atoms with E-state index in [4.69, 9.17) is 5.73 Å². The van der Waals surface area contributed by atoms with Gasteiger partial charge in [-0.15, -0.1) is 12.4 Å². The summed E-state index contributed by atoms with van der Waals surface area (Å²) in [5.41, 5.74) is 6.72. The summed E-state index contributed by atoms with van der Waals surface area (Å²) >= 11 is 0. The third kappa shape index (κ3) is 2.95. The Hall–Kier alpha value is 0.250. The molecule has 0 aromatic rings. The first-order valence-corrected chi connectivity index (χ1v) is 4.68. The van der Waals surface area contributed by atoms with Crippen LogP contribution in [0.2, 0.25) is 0 Å². The summed E-state index contributed by atoms with van der Waals surface area (Å²) in [6.45, 7) is 7.91. The van der Waals surface area contributed by atoms with E-state index >= 15 is 0 Å². The first kappa shape index (κ1) is 12.2. The van der Waals surface area contributed by atoms with Gasteiger partial charge >= 0.3 is 0 Å². The lowest BCUT2D eigenvalue weighted by Gasteiger charge is -2.42. The van der Waals surface area contributed by atoms with Crippen molar-refractivity contribution in [3.05, 3.63) is 0 Å². The van der Waals surface area contributed by atoms with Gasteiger partial charge in [-0.05, 0) is 36.6 Å². The molecule has 0 spiro atoms. The van der Waals surface area contributed by atoms with Gasteiger partial charge in [0.1, 0.15) is 0 Å². The summed E-state index contributed by atoms with van der Waals surface area (Å²) in [7, 11) is 0. The number of hydrogen-bond acceptors (Lipinski definition) is 1. The highest BCUT2D eigenvalue weighted by molar-refractivity contribution is 5.85. The first-order valence-electron chi connectivity index (χ1n) is 4.68. The van der Waals surface area contributed by atoms with E-state index in [1.165, 1.54) is 25.7 Å². The van der Waals surface area contributed by atoms with Gasteiger partial charge in [-0.2, -0.15) is 0 Å². The van der Waals surface area contributed by atoms with Gasteiger partial charge in [0.2, 0.25) is 0 Å². The van der Waals surface area contributed by atoms with Crippen molar-refractivity contribution < 1.29 is 0 Å². The average Bonchev–Trinajstić information content (AvgIpc) is 1.85. The smallest absolute Gasteiger partial charge is 0.00230 e. The second-order valence-electron chi connectivity index (χ2n) is 5.21. The van der Waals surface area contributed by atoms with Crippen molar-refractivity contribution in [2.24, 2.45) is 16.6 Å². The van der Waals surface area contributed by atoms with Crippen LogP contribution in [0.15, 0.2) is 0 Å². The van der Waals surface area contributed by atoms with Gasteiger partial charge in [0.25, 0.3) is 0 Å². The second-order valence-corrected chi connectivity index (χ2v) is 5.21. The molecule has 0 radical (unpaired) electrons. The zero-order valence-corrected chi connectivity index (χ0v) is 9.34. The maximum absolute atomic E-state index is 5.76. The van der Waals surface area contributed by atoms with E-state index in [2.05, 4.69) is 20.8 Å². The van der Waals surface area contributed by atoms with Gasteiger partial charge in [0.15, 0.2) is 0 Å². The molecule has 1 atom stereocenters. The Kier molecular flexibility index (Phi) is 4.05. The zero-order valence-electron chi connectivity index (χ0n) is 8.52. The lowest BCUT2D eigenvalue weighted by atomic mass is 9.64. The predicted octanol–water partition coefficient (Wildman–Crippen LogP) is 2.97. The van der Waals surface area contributed by atoms with Gasteiger partial charge in [0.05, 0.1) is 0 Å². The summed E-state index contributed by atoms with van der Waals surface area (Å²) in [5, 5.41) is 0. The molecule has 0 amide bonds. The van der Waals surface area contributed by atoms with Crippen molar-refractivity contribution in [1.29, 1.82) is 0 Å². The van der Waals surface area contributed by atoms with E-state index in [0.29, 0.717) is 10.8 Å². The van der Waals surface area contributed by atoms with Gasteiger partial charge in [-0.1, -0.05) is 27.2 Å². The largest absolute Gasteiger partial charge is 0.330 e. The van der Waals surface area contributed by atoms with E-state index in [-0.39, 0.29) is 12.4 Å². The molecule has 0 saturated heterocycles. The summed E-state index contributed by atoms with van der Waals surface area (Å²) in [6.07, 6.45) is 5.37. The van der Waals surface area contributed by atoms with Gasteiger partial charge in [-0.3, -0.25) is 0 Å². The molecular formula is C10H22ClN.